The van der Waals surface area contributed by atoms with E-state index in [1.54, 1.807) is 17.6 Å². The Morgan fingerprint density at radius 3 is 0.850 bits per heavy atom. The van der Waals surface area contributed by atoms with E-state index in [1.165, 1.54) is 128 Å². The summed E-state index contributed by atoms with van der Waals surface area (Å²) < 4.78 is 214. The molecule has 0 unspecified atom stereocenters. The van der Waals surface area contributed by atoms with Gasteiger partial charge in [-0.15, -0.1) is 0 Å². The second kappa shape index (κ2) is 46.4. The summed E-state index contributed by atoms with van der Waals surface area (Å²) in [7, 11) is -17.1. The van der Waals surface area contributed by atoms with Crippen molar-refractivity contribution in [3.63, 3.8) is 0 Å². The van der Waals surface area contributed by atoms with Gasteiger partial charge in [0.15, 0.2) is 0 Å². The molecule has 0 aromatic carbocycles. The number of aryl methyl sites for hydroxylation is 8. The molecule has 8 aliphatic heterocycles. The van der Waals surface area contributed by atoms with Gasteiger partial charge in [0.25, 0.3) is 0 Å². The summed E-state index contributed by atoms with van der Waals surface area (Å²) in [6.45, 7) is 53.8. The Morgan fingerprint density at radius 1 is 0.236 bits per heavy atom. The Labute approximate surface area is 837 Å². The van der Waals surface area contributed by atoms with E-state index >= 15 is 0 Å². The molecule has 0 saturated heterocycles. The van der Waals surface area contributed by atoms with Crippen LogP contribution in [-0.4, -0.2) is 259 Å². The van der Waals surface area contributed by atoms with Gasteiger partial charge in [0.2, 0.25) is 80.2 Å². The lowest BCUT2D eigenvalue weighted by atomic mass is 9.99. The van der Waals surface area contributed by atoms with Gasteiger partial charge < -0.3 is 9.13 Å². The lowest BCUT2D eigenvalue weighted by molar-refractivity contribution is 0.378. The molecule has 0 spiro atoms. The minimum absolute atomic E-state index is 0.324. The number of hydrogen-bond acceptors (Lipinski definition) is 22. The molecule has 16 rings (SSSR count). The van der Waals surface area contributed by atoms with E-state index in [1.807, 2.05) is 58.4 Å². The Bertz CT molecular complexity index is 6680. The summed E-state index contributed by atoms with van der Waals surface area (Å²) in [4.78, 5) is 0. The standard InChI is InChI=1S/C14H24N2O2S.C13H22N2O2S.2C12H21N3O2S.3C11H19N3O2S.C10H17N3O2S/c1-5-15-9-12(11(2)3)13-10-16(19(4,17)18)8-6-7-14(13)15;1-10(2)11-8-14(3)13-6-5-7-15(9-12(11)13)18(4,16)17;1-5-15-11-6-7-14(18(4,16)17)8-10(11)12(13-15)9(2)3;1-5-15-11-8-14(18(4,16)17)7-6-10(11)12(13-15)9(2)3;1-8(2)11-9-7-14(17(4,15)16)6-5-10(9)13(3)12-11;1-8(2)11-9-5-6-14(17(4,15)16)7-10(9)13(3)12-11;1-5-14-10-7-13(17(4,15)16)6-9(10)11(12-14)8(2)3;1-7(2)10-8-5-13(16(4,14)15)6-9(8)12(3)11-10/h9,11H,5-8,10H2,1-4H3;8,10H,5-7,9H2,1-4H3;2*9H,5-8H2,1-4H3;3*8H,5-7H2,1-4H3;7H,5-6H2,1-4H3. The number of hydrogen-bond donors (Lipinski definition) is 0. The van der Waals surface area contributed by atoms with Crippen molar-refractivity contribution in [2.24, 2.45) is 28.2 Å². The van der Waals surface area contributed by atoms with E-state index in [9.17, 15) is 67.3 Å². The first-order chi connectivity index (χ1) is 64.6. The highest BCUT2D eigenvalue weighted by Crippen LogP contribution is 2.39. The highest BCUT2D eigenvalue weighted by atomic mass is 32.2. The van der Waals surface area contributed by atoms with Crippen LogP contribution < -0.4 is 0 Å². The van der Waals surface area contributed by atoms with Crippen LogP contribution in [0.4, 0.5) is 0 Å². The van der Waals surface area contributed by atoms with Gasteiger partial charge in [-0.25, -0.2) is 67.3 Å². The first-order valence-electron chi connectivity index (χ1n) is 49.0. The van der Waals surface area contributed by atoms with Crippen LogP contribution in [0.25, 0.3) is 0 Å². The third-order valence-electron chi connectivity index (χ3n) is 27.2. The van der Waals surface area contributed by atoms with Gasteiger partial charge in [0.05, 0.1) is 133 Å². The molecule has 16 heterocycles. The number of rotatable bonds is 20. The number of sulfonamides is 8. The van der Waals surface area contributed by atoms with Crippen LogP contribution in [0.5, 0.6) is 0 Å². The van der Waals surface area contributed by atoms with Crippen LogP contribution in [0.2, 0.25) is 0 Å². The first kappa shape index (κ1) is 117. The third-order valence-corrected chi connectivity index (χ3v) is 37.1. The van der Waals surface area contributed by atoms with E-state index in [0.717, 1.165) is 157 Å². The van der Waals surface area contributed by atoms with E-state index in [-0.39, 0.29) is 0 Å². The van der Waals surface area contributed by atoms with Crippen molar-refractivity contribution in [2.75, 3.05) is 89.3 Å². The summed E-state index contributed by atoms with van der Waals surface area (Å²) in [5.41, 5.74) is 27.5. The topological polar surface area (TPSA) is 416 Å². The molecule has 38 nitrogen and oxygen atoms in total. The van der Waals surface area contributed by atoms with E-state index in [2.05, 4.69) is 184 Å². The van der Waals surface area contributed by atoms with Crippen molar-refractivity contribution in [3.8, 4) is 0 Å². The molecular formula is C94H162N22O16S8. The quantitative estimate of drug-likeness (QED) is 0.0684. The highest BCUT2D eigenvalue weighted by molar-refractivity contribution is 7.90. The number of nitrogens with zero attached hydrogens (tertiary/aromatic N) is 22. The van der Waals surface area contributed by atoms with Gasteiger partial charge in [-0.1, -0.05) is 111 Å². The van der Waals surface area contributed by atoms with Crippen LogP contribution in [0.3, 0.4) is 0 Å². The van der Waals surface area contributed by atoms with E-state index in [4.69, 9.17) is 0 Å². The molecule has 8 aromatic heterocycles. The summed E-state index contributed by atoms with van der Waals surface area (Å²) in [5.74, 6) is 2.94. The third kappa shape index (κ3) is 28.1. The molecule has 0 atom stereocenters. The molecule has 140 heavy (non-hydrogen) atoms. The molecule has 0 N–H and O–H groups in total. The molecule has 0 saturated carbocycles. The minimum atomic E-state index is -3.12. The van der Waals surface area contributed by atoms with Crippen LogP contribution in [-0.2, 0) is 239 Å². The van der Waals surface area contributed by atoms with E-state index < -0.39 is 80.2 Å². The highest BCUT2D eigenvalue weighted by Gasteiger charge is 2.39. The molecule has 0 amide bonds. The van der Waals surface area contributed by atoms with Gasteiger partial charge in [-0.05, 0) is 147 Å². The molecule has 0 bridgehead atoms. The van der Waals surface area contributed by atoms with Gasteiger partial charge >= 0.3 is 0 Å². The minimum Gasteiger partial charge on any atom is -0.354 e. The van der Waals surface area contributed by atoms with Crippen LogP contribution in [0, 0.1) is 0 Å². The molecule has 8 aromatic rings. The Morgan fingerprint density at radius 2 is 0.479 bits per heavy atom. The van der Waals surface area contributed by atoms with Crippen LogP contribution in [0.15, 0.2) is 12.4 Å². The second-order valence-corrected chi connectivity index (χ2v) is 56.5. The normalized spacial score (nSPS) is 17.3. The Hall–Kier alpha value is -6.90. The lowest BCUT2D eigenvalue weighted by Gasteiger charge is -2.25. The van der Waals surface area contributed by atoms with Crippen molar-refractivity contribution in [1.29, 1.82) is 0 Å². The molecule has 0 radical (unpaired) electrons. The maximum Gasteiger partial charge on any atom is 0.211 e. The Balaban J connectivity index is 0.000000179. The average molecular weight is 2110 g/mol. The number of aromatic nitrogens is 14. The smallest absolute Gasteiger partial charge is 0.211 e. The van der Waals surface area contributed by atoms with Crippen molar-refractivity contribution >= 4 is 80.2 Å². The van der Waals surface area contributed by atoms with Crippen molar-refractivity contribution in [3.05, 3.63) is 148 Å². The van der Waals surface area contributed by atoms with Gasteiger partial charge in [-0.3, -0.25) is 28.1 Å². The predicted octanol–water partition coefficient (Wildman–Crippen LogP) is 10.7. The lowest BCUT2D eigenvalue weighted by Crippen LogP contribution is -2.36. The summed E-state index contributed by atoms with van der Waals surface area (Å²) in [5, 5.41) is 27.3. The molecule has 8 aliphatic rings. The fourth-order valence-electron chi connectivity index (χ4n) is 19.6. The molecular weight excluding hydrogens is 1950 g/mol. The fraction of sp³-hybridized carbons (Fsp3) is 0.723. The van der Waals surface area contributed by atoms with E-state index in [0.29, 0.717) is 152 Å². The summed E-state index contributed by atoms with van der Waals surface area (Å²) in [6.07, 6.45) is 21.4. The van der Waals surface area contributed by atoms with Crippen molar-refractivity contribution < 1.29 is 67.3 Å². The zero-order valence-electron chi connectivity index (χ0n) is 89.2. The maximum atomic E-state index is 11.8. The second-order valence-electron chi connectivity index (χ2n) is 40.7. The Kier molecular flexibility index (Phi) is 38.7. The van der Waals surface area contributed by atoms with Gasteiger partial charge in [0, 0.05) is 203 Å². The first-order valence-corrected chi connectivity index (χ1v) is 63.7. The molecule has 46 heteroatoms. The summed E-state index contributed by atoms with van der Waals surface area (Å²) >= 11 is 0. The fourth-order valence-corrected chi connectivity index (χ4v) is 25.8. The zero-order chi connectivity index (χ0) is 105. The van der Waals surface area contributed by atoms with Crippen LogP contribution in [0.1, 0.15) is 334 Å². The predicted molar refractivity (Wildman–Crippen MR) is 553 cm³/mol. The van der Waals surface area contributed by atoms with Crippen LogP contribution >= 0.6 is 0 Å². The molecule has 0 fully saturated rings. The molecule has 792 valence electrons. The monoisotopic (exact) mass is 2110 g/mol. The maximum absolute atomic E-state index is 11.8. The van der Waals surface area contributed by atoms with Gasteiger partial charge in [-0.2, -0.15) is 65.0 Å². The zero-order valence-corrected chi connectivity index (χ0v) is 95.7. The SMILES string of the molecule is CC(C)c1cn(C)c2c1CN(S(C)(=O)=O)CCC2.CC(C)c1nn(C)c2c1CCN(S(C)(=O)=O)C2.CC(C)c1nn(C)c2c1CN(S(C)(=O)=O)C2.CC(C)c1nn(C)c2c1CN(S(C)(=O)=O)CC2.CCn1cc(C(C)C)c2c1CCCN(S(C)(=O)=O)C2.CCn1nc(C(C)C)c2c1CCN(S(C)(=O)=O)C2.CCn1nc(C(C)C)c2c1CN(S(C)(=O)=O)C2.CCn1nc(C(C)C)c2c1CN(S(C)(=O)=O)CC2. The van der Waals surface area contributed by atoms with Gasteiger partial charge in [0.1, 0.15) is 0 Å². The molecule has 0 aliphatic carbocycles. The number of fused-ring (bicyclic) bond motifs is 8. The van der Waals surface area contributed by atoms with Crippen molar-refractivity contribution in [2.45, 2.75) is 329 Å². The largest absolute Gasteiger partial charge is 0.354 e. The average Bonchev–Trinajstić information content (AvgIpc) is 1.60. The van der Waals surface area contributed by atoms with Crippen molar-refractivity contribution in [1.82, 2.24) is 102 Å². The summed E-state index contributed by atoms with van der Waals surface area (Å²) in [6, 6.07) is 0.